The lowest BCUT2D eigenvalue weighted by Gasteiger charge is -2.30. The molecule has 1 aromatic rings. The summed E-state index contributed by atoms with van der Waals surface area (Å²) < 4.78 is 30.1. The fourth-order valence-corrected chi connectivity index (χ4v) is 2.94. The topological polar surface area (TPSA) is 82.1 Å². The van der Waals surface area contributed by atoms with Crippen LogP contribution >= 0.6 is 0 Å². The standard InChI is InChI=1S/C19H25FO6/c1-19(2,3)26-18(23)11-5-7-12(8-6-11)25-16-9-13(17(21)22)15(24-4)10-14(16)20/h9-12H,5-8H2,1-4H3,(H,21,22). The molecule has 1 saturated carbocycles. The van der Waals surface area contributed by atoms with Gasteiger partial charge in [-0.25, -0.2) is 9.18 Å². The number of halogens is 1. The largest absolute Gasteiger partial charge is 0.496 e. The third-order valence-electron chi connectivity index (χ3n) is 4.19. The maximum absolute atomic E-state index is 14.2. The van der Waals surface area contributed by atoms with E-state index in [-0.39, 0.29) is 35.1 Å². The van der Waals surface area contributed by atoms with E-state index >= 15 is 0 Å². The maximum Gasteiger partial charge on any atom is 0.339 e. The van der Waals surface area contributed by atoms with Gasteiger partial charge in [0.15, 0.2) is 11.6 Å². The van der Waals surface area contributed by atoms with Crippen molar-refractivity contribution in [2.45, 2.75) is 58.2 Å². The number of methoxy groups -OCH3 is 1. The van der Waals surface area contributed by atoms with E-state index < -0.39 is 17.4 Å². The number of carbonyl (C=O) groups is 2. The fourth-order valence-electron chi connectivity index (χ4n) is 2.94. The maximum atomic E-state index is 14.2. The Morgan fingerprint density at radius 2 is 1.73 bits per heavy atom. The van der Waals surface area contributed by atoms with Crippen molar-refractivity contribution < 1.29 is 33.3 Å². The van der Waals surface area contributed by atoms with Gasteiger partial charge in [-0.15, -0.1) is 0 Å². The van der Waals surface area contributed by atoms with E-state index in [0.717, 1.165) is 12.1 Å². The second kappa shape index (κ2) is 7.93. The van der Waals surface area contributed by atoms with Gasteiger partial charge in [0.05, 0.1) is 19.1 Å². The van der Waals surface area contributed by atoms with E-state index in [0.29, 0.717) is 25.7 Å². The predicted octanol–water partition coefficient (Wildman–Crippen LogP) is 3.81. The number of hydrogen-bond donors (Lipinski definition) is 1. The molecular weight excluding hydrogens is 343 g/mol. The van der Waals surface area contributed by atoms with Crippen LogP contribution in [0.2, 0.25) is 0 Å². The summed E-state index contributed by atoms with van der Waals surface area (Å²) in [5.74, 6) is -2.49. The average Bonchev–Trinajstić information content (AvgIpc) is 2.55. The molecule has 0 aliphatic heterocycles. The third-order valence-corrected chi connectivity index (χ3v) is 4.19. The highest BCUT2D eigenvalue weighted by atomic mass is 19.1. The van der Waals surface area contributed by atoms with Crippen LogP contribution in [0.15, 0.2) is 12.1 Å². The molecule has 0 aromatic heterocycles. The summed E-state index contributed by atoms with van der Waals surface area (Å²) in [6, 6.07) is 2.14. The molecule has 2 rings (SSSR count). The SMILES string of the molecule is COc1cc(F)c(OC2CCC(C(=O)OC(C)(C)C)CC2)cc1C(=O)O. The Morgan fingerprint density at radius 1 is 1.12 bits per heavy atom. The Morgan fingerprint density at radius 3 is 2.23 bits per heavy atom. The Labute approximate surface area is 152 Å². The lowest BCUT2D eigenvalue weighted by molar-refractivity contribution is -0.161. The molecule has 144 valence electrons. The van der Waals surface area contributed by atoms with Crippen molar-refractivity contribution >= 4 is 11.9 Å². The number of esters is 1. The van der Waals surface area contributed by atoms with Crippen LogP contribution in [-0.2, 0) is 9.53 Å². The van der Waals surface area contributed by atoms with Gasteiger partial charge in [-0.05, 0) is 46.5 Å². The van der Waals surface area contributed by atoms with Crippen molar-refractivity contribution in [1.82, 2.24) is 0 Å². The Kier molecular flexibility index (Phi) is 6.10. The van der Waals surface area contributed by atoms with Gasteiger partial charge in [-0.1, -0.05) is 0 Å². The first-order chi connectivity index (χ1) is 12.1. The van der Waals surface area contributed by atoms with Crippen LogP contribution in [0, 0.1) is 11.7 Å². The van der Waals surface area contributed by atoms with Crippen LogP contribution in [0.5, 0.6) is 11.5 Å². The molecule has 0 spiro atoms. The molecule has 7 heteroatoms. The molecule has 0 heterocycles. The van der Waals surface area contributed by atoms with E-state index in [9.17, 15) is 19.1 Å². The molecule has 1 N–H and O–H groups in total. The van der Waals surface area contributed by atoms with Crippen molar-refractivity contribution in [3.8, 4) is 11.5 Å². The molecule has 0 unspecified atom stereocenters. The zero-order valence-corrected chi connectivity index (χ0v) is 15.5. The second-order valence-electron chi connectivity index (χ2n) is 7.41. The molecule has 0 amide bonds. The van der Waals surface area contributed by atoms with Crippen molar-refractivity contribution in [3.05, 3.63) is 23.5 Å². The first kappa shape index (κ1) is 20.0. The van der Waals surface area contributed by atoms with Gasteiger partial charge in [-0.2, -0.15) is 0 Å². The van der Waals surface area contributed by atoms with Crippen molar-refractivity contribution in [1.29, 1.82) is 0 Å². The number of hydrogen-bond acceptors (Lipinski definition) is 5. The minimum Gasteiger partial charge on any atom is -0.496 e. The van der Waals surface area contributed by atoms with Gasteiger partial charge in [0.1, 0.15) is 16.9 Å². The Bertz CT molecular complexity index is 671. The quantitative estimate of drug-likeness (QED) is 0.796. The zero-order valence-electron chi connectivity index (χ0n) is 15.5. The molecule has 6 nitrogen and oxygen atoms in total. The second-order valence-corrected chi connectivity index (χ2v) is 7.41. The summed E-state index contributed by atoms with van der Waals surface area (Å²) in [6.45, 7) is 5.48. The number of carboxylic acid groups (broad SMARTS) is 1. The van der Waals surface area contributed by atoms with Crippen LogP contribution in [-0.4, -0.2) is 35.9 Å². The van der Waals surface area contributed by atoms with Crippen molar-refractivity contribution in [2.24, 2.45) is 5.92 Å². The lowest BCUT2D eigenvalue weighted by Crippen LogP contribution is -2.33. The molecule has 0 atom stereocenters. The van der Waals surface area contributed by atoms with E-state index in [1.807, 2.05) is 20.8 Å². The van der Waals surface area contributed by atoms with E-state index in [4.69, 9.17) is 14.2 Å². The lowest BCUT2D eigenvalue weighted by atomic mass is 9.87. The van der Waals surface area contributed by atoms with Crippen molar-refractivity contribution in [3.63, 3.8) is 0 Å². The number of carboxylic acids is 1. The van der Waals surface area contributed by atoms with Crippen LogP contribution in [0.4, 0.5) is 4.39 Å². The Hall–Kier alpha value is -2.31. The summed E-state index contributed by atoms with van der Waals surface area (Å²) >= 11 is 0. The summed E-state index contributed by atoms with van der Waals surface area (Å²) in [5, 5.41) is 9.20. The molecular formula is C19H25FO6. The first-order valence-corrected chi connectivity index (χ1v) is 8.61. The van der Waals surface area contributed by atoms with Gasteiger partial charge in [0, 0.05) is 12.1 Å². The molecule has 1 aromatic carbocycles. The monoisotopic (exact) mass is 368 g/mol. The van der Waals surface area contributed by atoms with E-state index in [1.165, 1.54) is 7.11 Å². The number of carbonyl (C=O) groups excluding carboxylic acids is 1. The van der Waals surface area contributed by atoms with Gasteiger partial charge in [0.2, 0.25) is 0 Å². The van der Waals surface area contributed by atoms with Crippen LogP contribution < -0.4 is 9.47 Å². The highest BCUT2D eigenvalue weighted by Crippen LogP contribution is 2.33. The van der Waals surface area contributed by atoms with E-state index in [1.54, 1.807) is 0 Å². The van der Waals surface area contributed by atoms with Gasteiger partial charge in [-0.3, -0.25) is 4.79 Å². The zero-order chi connectivity index (χ0) is 19.5. The molecule has 26 heavy (non-hydrogen) atoms. The minimum atomic E-state index is -1.22. The molecule has 0 bridgehead atoms. The molecule has 1 aliphatic carbocycles. The molecule has 1 aliphatic rings. The minimum absolute atomic E-state index is 0.0593. The normalized spacial score (nSPS) is 20.3. The summed E-state index contributed by atoms with van der Waals surface area (Å²) in [6.07, 6.45) is 2.03. The summed E-state index contributed by atoms with van der Waals surface area (Å²) in [4.78, 5) is 23.4. The van der Waals surface area contributed by atoms with Crippen LogP contribution in [0.1, 0.15) is 56.8 Å². The number of rotatable bonds is 5. The molecule has 0 radical (unpaired) electrons. The highest BCUT2D eigenvalue weighted by Gasteiger charge is 2.31. The summed E-state index contributed by atoms with van der Waals surface area (Å²) in [5.41, 5.74) is -0.685. The number of aromatic carboxylic acids is 1. The average molecular weight is 368 g/mol. The predicted molar refractivity (Wildman–Crippen MR) is 92.1 cm³/mol. The fraction of sp³-hybridized carbons (Fsp3) is 0.579. The van der Waals surface area contributed by atoms with Crippen LogP contribution in [0.3, 0.4) is 0 Å². The van der Waals surface area contributed by atoms with Gasteiger partial charge >= 0.3 is 11.9 Å². The Balaban J connectivity index is 2.00. The number of benzene rings is 1. The smallest absolute Gasteiger partial charge is 0.339 e. The third kappa shape index (κ3) is 5.09. The number of ether oxygens (including phenoxy) is 3. The van der Waals surface area contributed by atoms with E-state index in [2.05, 4.69) is 0 Å². The van der Waals surface area contributed by atoms with Crippen LogP contribution in [0.25, 0.3) is 0 Å². The molecule has 0 saturated heterocycles. The van der Waals surface area contributed by atoms with Gasteiger partial charge in [0.25, 0.3) is 0 Å². The highest BCUT2D eigenvalue weighted by molar-refractivity contribution is 5.91. The first-order valence-electron chi connectivity index (χ1n) is 8.61. The van der Waals surface area contributed by atoms with Crippen molar-refractivity contribution in [2.75, 3.05) is 7.11 Å². The molecule has 1 fully saturated rings. The summed E-state index contributed by atoms with van der Waals surface area (Å²) in [7, 11) is 1.28. The van der Waals surface area contributed by atoms with Gasteiger partial charge < -0.3 is 19.3 Å².